The number of carbonyl (C=O) groups excluding carboxylic acids is 2. The monoisotopic (exact) mass is 502 g/mol. The third-order valence-electron chi connectivity index (χ3n) is 9.64. The van der Waals surface area contributed by atoms with Gasteiger partial charge in [0.15, 0.2) is 5.78 Å². The molecule has 1 saturated heterocycles. The Balaban J connectivity index is 1.78. The molecule has 1 heterocycles. The van der Waals surface area contributed by atoms with Crippen LogP contribution in [0.1, 0.15) is 50.9 Å². The van der Waals surface area contributed by atoms with Gasteiger partial charge in [0.2, 0.25) is 0 Å². The first-order valence-corrected chi connectivity index (χ1v) is 12.3. The van der Waals surface area contributed by atoms with E-state index in [1.807, 2.05) is 0 Å². The molecular weight excluding hydrogens is 468 g/mol. The van der Waals surface area contributed by atoms with Crippen LogP contribution in [0.25, 0.3) is 0 Å². The summed E-state index contributed by atoms with van der Waals surface area (Å²) < 4.78 is 11.6. The predicted octanol–water partition coefficient (Wildman–Crippen LogP) is 0.511. The lowest BCUT2D eigenvalue weighted by Gasteiger charge is -2.66. The first kappa shape index (κ1) is 25.5. The van der Waals surface area contributed by atoms with Crippen molar-refractivity contribution >= 4 is 11.8 Å². The summed E-state index contributed by atoms with van der Waals surface area (Å²) >= 11 is 0. The first-order valence-electron chi connectivity index (χ1n) is 12.3. The van der Waals surface area contributed by atoms with Gasteiger partial charge in [-0.2, -0.15) is 0 Å². The van der Waals surface area contributed by atoms with Crippen LogP contribution in [0.4, 0.5) is 0 Å². The zero-order chi connectivity index (χ0) is 26.4. The summed E-state index contributed by atoms with van der Waals surface area (Å²) in [7, 11) is 0. The summed E-state index contributed by atoms with van der Waals surface area (Å²) in [4.78, 5) is 27.4. The van der Waals surface area contributed by atoms with Crippen LogP contribution in [-0.2, 0) is 14.3 Å². The maximum atomic E-state index is 14.0. The number of rotatable bonds is 2. The van der Waals surface area contributed by atoms with E-state index in [0.717, 1.165) is 0 Å². The highest BCUT2D eigenvalue weighted by Gasteiger charge is 2.76. The van der Waals surface area contributed by atoms with Gasteiger partial charge in [-0.15, -0.1) is 0 Å². The minimum atomic E-state index is -2.02. The fourth-order valence-electron chi connectivity index (χ4n) is 7.26. The van der Waals surface area contributed by atoms with Crippen LogP contribution < -0.4 is 0 Å². The Hall–Kier alpha value is -2.14. The van der Waals surface area contributed by atoms with Crippen molar-refractivity contribution in [1.82, 2.24) is 0 Å². The van der Waals surface area contributed by atoms with E-state index in [1.54, 1.807) is 51.1 Å². The number of hydrogen-bond acceptors (Lipinski definition) is 9. The van der Waals surface area contributed by atoms with Gasteiger partial charge in [-0.25, -0.2) is 4.79 Å². The number of esters is 1. The van der Waals surface area contributed by atoms with E-state index in [2.05, 4.69) is 0 Å². The van der Waals surface area contributed by atoms with Crippen molar-refractivity contribution in [3.05, 3.63) is 47.0 Å². The van der Waals surface area contributed by atoms with Crippen molar-refractivity contribution < 1.29 is 44.6 Å². The summed E-state index contributed by atoms with van der Waals surface area (Å²) in [5.74, 6) is -2.89. The Labute approximate surface area is 209 Å². The topological polar surface area (TPSA) is 154 Å². The van der Waals surface area contributed by atoms with Crippen LogP contribution in [0, 0.1) is 16.7 Å². The Morgan fingerprint density at radius 1 is 1.08 bits per heavy atom. The molecule has 3 fully saturated rings. The Morgan fingerprint density at radius 2 is 1.72 bits per heavy atom. The molecular formula is C27H34O9. The van der Waals surface area contributed by atoms with E-state index in [-0.39, 0.29) is 30.6 Å². The number of aliphatic hydroxyl groups is 5. The van der Waals surface area contributed by atoms with E-state index in [1.165, 1.54) is 6.92 Å². The number of Topliss-reactive ketones (excluding diaryl/α,β-unsaturated/α-hetero) is 1. The summed E-state index contributed by atoms with van der Waals surface area (Å²) in [6.45, 7) is 6.07. The van der Waals surface area contributed by atoms with Crippen LogP contribution in [0.3, 0.4) is 0 Å². The smallest absolute Gasteiger partial charge is 0.338 e. The lowest BCUT2D eigenvalue weighted by Crippen LogP contribution is -2.81. The molecule has 0 amide bonds. The van der Waals surface area contributed by atoms with Crippen molar-refractivity contribution in [2.24, 2.45) is 16.7 Å². The maximum Gasteiger partial charge on any atom is 0.338 e. The molecule has 2 saturated carbocycles. The molecule has 9 atom stereocenters. The number of hydrogen-bond donors (Lipinski definition) is 5. The summed E-state index contributed by atoms with van der Waals surface area (Å²) in [5.41, 5.74) is -6.24. The largest absolute Gasteiger partial charge is 0.455 e. The molecule has 5 rings (SSSR count). The summed E-state index contributed by atoms with van der Waals surface area (Å²) in [6, 6.07) is 8.12. The van der Waals surface area contributed by atoms with Crippen LogP contribution in [0.15, 0.2) is 41.5 Å². The number of fused-ring (bicyclic) bond motifs is 5. The molecule has 9 nitrogen and oxygen atoms in total. The Morgan fingerprint density at radius 3 is 2.31 bits per heavy atom. The summed E-state index contributed by atoms with van der Waals surface area (Å²) in [5, 5.41) is 57.9. The fourth-order valence-corrected chi connectivity index (χ4v) is 7.26. The van der Waals surface area contributed by atoms with E-state index in [9.17, 15) is 35.1 Å². The van der Waals surface area contributed by atoms with E-state index >= 15 is 0 Å². The molecule has 9 heteroatoms. The van der Waals surface area contributed by atoms with Gasteiger partial charge in [-0.05, 0) is 37.1 Å². The predicted molar refractivity (Wildman–Crippen MR) is 126 cm³/mol. The maximum absolute atomic E-state index is 14.0. The van der Waals surface area contributed by atoms with Gasteiger partial charge in [0, 0.05) is 24.2 Å². The minimum absolute atomic E-state index is 0.0657. The second-order valence-electron chi connectivity index (χ2n) is 11.6. The van der Waals surface area contributed by atoms with E-state index in [0.29, 0.717) is 5.57 Å². The molecule has 0 radical (unpaired) electrons. The minimum Gasteiger partial charge on any atom is -0.455 e. The molecule has 2 bridgehead atoms. The van der Waals surface area contributed by atoms with Crippen LogP contribution >= 0.6 is 0 Å². The van der Waals surface area contributed by atoms with E-state index < -0.39 is 70.2 Å². The van der Waals surface area contributed by atoms with Crippen molar-refractivity contribution in [2.75, 3.05) is 6.61 Å². The normalized spacial score (nSPS) is 45.5. The molecule has 5 N–H and O–H groups in total. The van der Waals surface area contributed by atoms with Crippen molar-refractivity contribution in [3.8, 4) is 0 Å². The van der Waals surface area contributed by atoms with Gasteiger partial charge in [0.05, 0.1) is 35.9 Å². The average Bonchev–Trinajstić information content (AvgIpc) is 2.83. The number of ether oxygens (including phenoxy) is 2. The van der Waals surface area contributed by atoms with Crippen molar-refractivity contribution in [3.63, 3.8) is 0 Å². The molecule has 1 aromatic carbocycles. The highest BCUT2D eigenvalue weighted by molar-refractivity contribution is 5.94. The molecule has 1 aromatic rings. The zero-order valence-electron chi connectivity index (χ0n) is 20.8. The zero-order valence-corrected chi connectivity index (χ0v) is 20.8. The first-order chi connectivity index (χ1) is 16.7. The highest BCUT2D eigenvalue weighted by atomic mass is 16.6. The lowest BCUT2D eigenvalue weighted by atomic mass is 9.45. The second kappa shape index (κ2) is 7.93. The average molecular weight is 503 g/mol. The molecule has 9 unspecified atom stereocenters. The number of carbonyl (C=O) groups is 2. The van der Waals surface area contributed by atoms with Gasteiger partial charge in [0.1, 0.15) is 23.4 Å². The number of benzene rings is 1. The quantitative estimate of drug-likeness (QED) is 0.287. The van der Waals surface area contributed by atoms with Gasteiger partial charge in [-0.3, -0.25) is 4.79 Å². The summed E-state index contributed by atoms with van der Waals surface area (Å²) in [6.07, 6.45) is -7.08. The van der Waals surface area contributed by atoms with Crippen molar-refractivity contribution in [2.45, 2.75) is 82.3 Å². The van der Waals surface area contributed by atoms with Gasteiger partial charge < -0.3 is 35.0 Å². The molecule has 0 aromatic heterocycles. The third kappa shape index (κ3) is 3.04. The van der Waals surface area contributed by atoms with Crippen LogP contribution in [0.5, 0.6) is 0 Å². The number of aliphatic hydroxyl groups excluding tert-OH is 3. The van der Waals surface area contributed by atoms with Gasteiger partial charge in [0.25, 0.3) is 0 Å². The fraction of sp³-hybridized carbons (Fsp3) is 0.630. The third-order valence-corrected chi connectivity index (χ3v) is 9.64. The Kier molecular flexibility index (Phi) is 5.62. The SMILES string of the molecule is CC1=C2C(O)C(=O)C3(C)C(O)CC4OCC4(O)C3C(OC(=O)c3ccccc3)C(O)(CC1O)C2(C)C. The molecule has 1 aliphatic heterocycles. The molecule has 3 aliphatic carbocycles. The van der Waals surface area contributed by atoms with E-state index in [4.69, 9.17) is 9.47 Å². The molecule has 36 heavy (non-hydrogen) atoms. The highest BCUT2D eigenvalue weighted by Crippen LogP contribution is 2.62. The molecule has 0 spiro atoms. The molecule has 196 valence electrons. The molecule has 4 aliphatic rings. The van der Waals surface area contributed by atoms with Gasteiger partial charge >= 0.3 is 5.97 Å². The standard InChI is InChI=1S/C27H34O9/c1-13-15(28)11-27(34)22(36-23(32)14-8-6-5-7-9-14)20-25(4,16(29)10-17-26(20,33)12-35-17)21(31)19(30)18(13)24(27,2)3/h5-9,15-17,19-20,22,28-30,33-34H,10-12H2,1-4H3. The lowest BCUT2D eigenvalue weighted by molar-refractivity contribution is -0.343. The van der Waals surface area contributed by atoms with Crippen LogP contribution in [0.2, 0.25) is 0 Å². The second-order valence-corrected chi connectivity index (χ2v) is 11.6. The van der Waals surface area contributed by atoms with Crippen LogP contribution in [-0.4, -0.2) is 85.6 Å². The van der Waals surface area contributed by atoms with Gasteiger partial charge in [-0.1, -0.05) is 32.0 Å². The number of ketones is 1. The Bertz CT molecular complexity index is 1130. The van der Waals surface area contributed by atoms with Crippen molar-refractivity contribution in [1.29, 1.82) is 0 Å².